The third kappa shape index (κ3) is 1.04. The summed E-state index contributed by atoms with van der Waals surface area (Å²) in [6, 6.07) is 5.75. The van der Waals surface area contributed by atoms with Crippen molar-refractivity contribution in [1.29, 1.82) is 0 Å². The van der Waals surface area contributed by atoms with Gasteiger partial charge in [-0.3, -0.25) is 0 Å². The molecule has 2 nitrogen and oxygen atoms in total. The molecular formula is C9H8ClNO. The van der Waals surface area contributed by atoms with Crippen molar-refractivity contribution in [1.82, 2.24) is 4.98 Å². The molecule has 3 heteroatoms. The van der Waals surface area contributed by atoms with Crippen LogP contribution < -0.4 is 4.74 Å². The van der Waals surface area contributed by atoms with Crippen LogP contribution in [0.3, 0.4) is 0 Å². The lowest BCUT2D eigenvalue weighted by Gasteiger charge is -2.01. The molecule has 0 aliphatic rings. The summed E-state index contributed by atoms with van der Waals surface area (Å²) in [4.78, 5) is 3.07. The van der Waals surface area contributed by atoms with Crippen molar-refractivity contribution in [3.63, 3.8) is 0 Å². The predicted octanol–water partition coefficient (Wildman–Crippen LogP) is 2.83. The molecule has 0 fully saturated rings. The number of hydrogen-bond acceptors (Lipinski definition) is 1. The van der Waals surface area contributed by atoms with E-state index in [4.69, 9.17) is 16.3 Å². The Kier molecular flexibility index (Phi) is 1.70. The summed E-state index contributed by atoms with van der Waals surface area (Å²) in [7, 11) is 1.61. The molecule has 0 radical (unpaired) electrons. The van der Waals surface area contributed by atoms with Crippen molar-refractivity contribution in [3.8, 4) is 5.75 Å². The van der Waals surface area contributed by atoms with Crippen LogP contribution in [0.2, 0.25) is 5.02 Å². The molecule has 0 bridgehead atoms. The van der Waals surface area contributed by atoms with Crippen LogP contribution in [0.1, 0.15) is 0 Å². The van der Waals surface area contributed by atoms with Gasteiger partial charge in [0.25, 0.3) is 0 Å². The van der Waals surface area contributed by atoms with Gasteiger partial charge in [0.2, 0.25) is 0 Å². The number of benzene rings is 1. The van der Waals surface area contributed by atoms with E-state index in [2.05, 4.69) is 4.98 Å². The molecule has 0 amide bonds. The molecule has 2 aromatic rings. The number of aromatic nitrogens is 1. The Morgan fingerprint density at radius 3 is 3.00 bits per heavy atom. The molecule has 62 valence electrons. The van der Waals surface area contributed by atoms with Crippen molar-refractivity contribution in [3.05, 3.63) is 29.4 Å². The van der Waals surface area contributed by atoms with Crippen molar-refractivity contribution in [2.75, 3.05) is 7.11 Å². The number of nitrogens with one attached hydrogen (secondary N) is 1. The predicted molar refractivity (Wildman–Crippen MR) is 49.9 cm³/mol. The average molecular weight is 182 g/mol. The van der Waals surface area contributed by atoms with E-state index in [1.807, 2.05) is 24.4 Å². The number of aromatic amines is 1. The molecule has 0 spiro atoms. The highest BCUT2D eigenvalue weighted by atomic mass is 35.5. The molecule has 1 aromatic carbocycles. The number of fused-ring (bicyclic) bond motifs is 1. The molecule has 2 rings (SSSR count). The summed E-state index contributed by atoms with van der Waals surface area (Å²) in [5, 5.41) is 1.74. The van der Waals surface area contributed by atoms with Gasteiger partial charge in [0.1, 0.15) is 5.75 Å². The Morgan fingerprint density at radius 2 is 2.25 bits per heavy atom. The monoisotopic (exact) mass is 181 g/mol. The molecule has 0 unspecified atom stereocenters. The minimum absolute atomic E-state index is 0.632. The summed E-state index contributed by atoms with van der Waals surface area (Å²) in [6.07, 6.45) is 1.88. The second-order valence-corrected chi connectivity index (χ2v) is 2.96. The summed E-state index contributed by atoms with van der Waals surface area (Å²) >= 11 is 5.92. The molecular weight excluding hydrogens is 174 g/mol. The van der Waals surface area contributed by atoms with Crippen LogP contribution in [0.5, 0.6) is 5.75 Å². The number of ether oxygens (including phenoxy) is 1. The molecule has 1 heterocycles. The van der Waals surface area contributed by atoms with Gasteiger partial charge in [0.05, 0.1) is 12.1 Å². The van der Waals surface area contributed by atoms with E-state index < -0.39 is 0 Å². The van der Waals surface area contributed by atoms with Crippen molar-refractivity contribution < 1.29 is 4.74 Å². The lowest BCUT2D eigenvalue weighted by atomic mass is 10.2. The largest absolute Gasteiger partial charge is 0.495 e. The van der Waals surface area contributed by atoms with E-state index in [1.165, 1.54) is 0 Å². The summed E-state index contributed by atoms with van der Waals surface area (Å²) in [5.41, 5.74) is 1.03. The first-order valence-electron chi connectivity index (χ1n) is 3.62. The number of hydrogen-bond donors (Lipinski definition) is 1. The van der Waals surface area contributed by atoms with Gasteiger partial charge in [-0.05, 0) is 18.2 Å². The SMILES string of the molecule is COc1cc2cc[nH]c2cc1Cl. The minimum atomic E-state index is 0.632. The zero-order valence-electron chi connectivity index (χ0n) is 6.60. The summed E-state index contributed by atoms with van der Waals surface area (Å²) < 4.78 is 5.08. The third-order valence-corrected chi connectivity index (χ3v) is 2.12. The van der Waals surface area contributed by atoms with Crippen LogP contribution in [0.15, 0.2) is 24.4 Å². The smallest absolute Gasteiger partial charge is 0.138 e. The molecule has 0 saturated carbocycles. The second-order valence-electron chi connectivity index (χ2n) is 2.55. The van der Waals surface area contributed by atoms with Crippen molar-refractivity contribution in [2.24, 2.45) is 0 Å². The molecule has 0 atom stereocenters. The molecule has 0 aliphatic heterocycles. The van der Waals surface area contributed by atoms with Crippen LogP contribution in [-0.2, 0) is 0 Å². The Balaban J connectivity index is 2.73. The van der Waals surface area contributed by atoms with Crippen LogP contribution in [0.25, 0.3) is 10.9 Å². The topological polar surface area (TPSA) is 25.0 Å². The zero-order chi connectivity index (χ0) is 8.55. The van der Waals surface area contributed by atoms with Gasteiger partial charge in [0, 0.05) is 17.1 Å². The Labute approximate surface area is 75.1 Å². The van der Waals surface area contributed by atoms with Crippen molar-refractivity contribution in [2.45, 2.75) is 0 Å². The Bertz CT molecular complexity index is 408. The van der Waals surface area contributed by atoms with E-state index in [9.17, 15) is 0 Å². The number of H-pyrrole nitrogens is 1. The van der Waals surface area contributed by atoms with Crippen LogP contribution in [0.4, 0.5) is 0 Å². The maximum Gasteiger partial charge on any atom is 0.138 e. The molecule has 1 aromatic heterocycles. The van der Waals surface area contributed by atoms with E-state index in [0.29, 0.717) is 10.8 Å². The third-order valence-electron chi connectivity index (χ3n) is 1.83. The number of halogens is 1. The van der Waals surface area contributed by atoms with Gasteiger partial charge in [0.15, 0.2) is 0 Å². The van der Waals surface area contributed by atoms with Gasteiger partial charge in [-0.1, -0.05) is 11.6 Å². The highest BCUT2D eigenvalue weighted by Crippen LogP contribution is 2.28. The first kappa shape index (κ1) is 7.50. The van der Waals surface area contributed by atoms with E-state index in [-0.39, 0.29) is 0 Å². The fourth-order valence-electron chi connectivity index (χ4n) is 1.21. The van der Waals surface area contributed by atoms with Gasteiger partial charge in [-0.2, -0.15) is 0 Å². The first-order valence-corrected chi connectivity index (χ1v) is 3.99. The van der Waals surface area contributed by atoms with Gasteiger partial charge in [-0.25, -0.2) is 0 Å². The maximum absolute atomic E-state index is 5.92. The quantitative estimate of drug-likeness (QED) is 0.719. The zero-order valence-corrected chi connectivity index (χ0v) is 7.35. The maximum atomic E-state index is 5.92. The fraction of sp³-hybridized carbons (Fsp3) is 0.111. The van der Waals surface area contributed by atoms with E-state index in [1.54, 1.807) is 7.11 Å². The normalized spacial score (nSPS) is 10.5. The summed E-state index contributed by atoms with van der Waals surface area (Å²) in [6.45, 7) is 0. The number of rotatable bonds is 1. The average Bonchev–Trinajstić information content (AvgIpc) is 2.49. The number of methoxy groups -OCH3 is 1. The van der Waals surface area contributed by atoms with Crippen LogP contribution in [0, 0.1) is 0 Å². The van der Waals surface area contributed by atoms with Crippen LogP contribution in [-0.4, -0.2) is 12.1 Å². The minimum Gasteiger partial charge on any atom is -0.495 e. The second kappa shape index (κ2) is 2.72. The van der Waals surface area contributed by atoms with Gasteiger partial charge < -0.3 is 9.72 Å². The lowest BCUT2D eigenvalue weighted by Crippen LogP contribution is -1.83. The van der Waals surface area contributed by atoms with Gasteiger partial charge in [-0.15, -0.1) is 0 Å². The molecule has 0 saturated heterocycles. The molecule has 12 heavy (non-hydrogen) atoms. The highest BCUT2D eigenvalue weighted by Gasteiger charge is 2.02. The van der Waals surface area contributed by atoms with E-state index in [0.717, 1.165) is 10.9 Å². The van der Waals surface area contributed by atoms with Gasteiger partial charge >= 0.3 is 0 Å². The molecule has 1 N–H and O–H groups in total. The standard InChI is InChI=1S/C9H8ClNO/c1-12-9-4-6-2-3-11-8(6)5-7(9)10/h2-5,11H,1H3. The first-order chi connectivity index (χ1) is 5.81. The molecule has 0 aliphatic carbocycles. The highest BCUT2D eigenvalue weighted by molar-refractivity contribution is 6.32. The lowest BCUT2D eigenvalue weighted by molar-refractivity contribution is 0.415. The Morgan fingerprint density at radius 1 is 1.42 bits per heavy atom. The Hall–Kier alpha value is -1.15. The van der Waals surface area contributed by atoms with Crippen molar-refractivity contribution >= 4 is 22.5 Å². The summed E-state index contributed by atoms with van der Waals surface area (Å²) in [5.74, 6) is 0.712. The van der Waals surface area contributed by atoms with Crippen LogP contribution >= 0.6 is 11.6 Å². The van der Waals surface area contributed by atoms with E-state index >= 15 is 0 Å². The fourth-order valence-corrected chi connectivity index (χ4v) is 1.45.